The van der Waals surface area contributed by atoms with E-state index in [-0.39, 0.29) is 12.4 Å². The number of ether oxygens (including phenoxy) is 2. The lowest BCUT2D eigenvalue weighted by Crippen LogP contribution is -2.36. The molecule has 0 spiro atoms. The van der Waals surface area contributed by atoms with E-state index in [1.54, 1.807) is 7.11 Å². The van der Waals surface area contributed by atoms with Crippen LogP contribution < -0.4 is 10.2 Å². The van der Waals surface area contributed by atoms with Gasteiger partial charge in [0.15, 0.2) is 0 Å². The zero-order valence-electron chi connectivity index (χ0n) is 11.1. The van der Waals surface area contributed by atoms with Crippen LogP contribution in [0.15, 0.2) is 18.2 Å². The summed E-state index contributed by atoms with van der Waals surface area (Å²) >= 11 is 0. The number of rotatable bonds is 6. The first kappa shape index (κ1) is 15.8. The minimum Gasteiger partial charge on any atom is -0.493 e. The standard InChI is InChI=1S/C12H16BF4O2/c1-12(2,18-3)6-7-19-9-4-5-10(11(14)8-9)13(15,16)17/h4-5,8H,6-7H2,1-3H3/q-1. The Morgan fingerprint density at radius 2 is 1.84 bits per heavy atom. The van der Waals surface area contributed by atoms with Gasteiger partial charge in [-0.15, -0.1) is 0 Å². The fraction of sp³-hybridized carbons (Fsp3) is 0.500. The van der Waals surface area contributed by atoms with Gasteiger partial charge in [0, 0.05) is 19.6 Å². The molecule has 7 heteroatoms. The molecule has 0 radical (unpaired) electrons. The van der Waals surface area contributed by atoms with Crippen molar-refractivity contribution in [2.75, 3.05) is 13.7 Å². The predicted octanol–water partition coefficient (Wildman–Crippen LogP) is 3.07. The average molecular weight is 279 g/mol. The highest BCUT2D eigenvalue weighted by Crippen LogP contribution is 2.18. The molecule has 0 amide bonds. The molecule has 0 aliphatic heterocycles. The monoisotopic (exact) mass is 279 g/mol. The summed E-state index contributed by atoms with van der Waals surface area (Å²) in [6.07, 6.45) is 0.538. The Labute approximate surface area is 109 Å². The van der Waals surface area contributed by atoms with Crippen molar-refractivity contribution in [3.05, 3.63) is 24.0 Å². The van der Waals surface area contributed by atoms with Gasteiger partial charge in [0.1, 0.15) is 5.75 Å². The molecular weight excluding hydrogens is 263 g/mol. The van der Waals surface area contributed by atoms with Crippen molar-refractivity contribution in [3.8, 4) is 5.75 Å². The maximum absolute atomic E-state index is 13.3. The van der Waals surface area contributed by atoms with E-state index in [9.17, 15) is 17.3 Å². The van der Waals surface area contributed by atoms with E-state index in [1.807, 2.05) is 13.8 Å². The molecule has 0 heterocycles. The van der Waals surface area contributed by atoms with Crippen LogP contribution in [-0.2, 0) is 4.74 Å². The molecule has 0 fully saturated rings. The van der Waals surface area contributed by atoms with E-state index in [0.717, 1.165) is 12.1 Å². The van der Waals surface area contributed by atoms with E-state index in [4.69, 9.17) is 9.47 Å². The number of benzene rings is 1. The Balaban J connectivity index is 2.65. The third kappa shape index (κ3) is 4.74. The fourth-order valence-electron chi connectivity index (χ4n) is 1.38. The zero-order valence-corrected chi connectivity index (χ0v) is 11.1. The van der Waals surface area contributed by atoms with Crippen molar-refractivity contribution in [3.63, 3.8) is 0 Å². The third-order valence-corrected chi connectivity index (χ3v) is 2.85. The number of hydrogen-bond acceptors (Lipinski definition) is 2. The van der Waals surface area contributed by atoms with Gasteiger partial charge in [-0.2, -0.15) is 0 Å². The smallest absolute Gasteiger partial charge is 0.493 e. The van der Waals surface area contributed by atoms with Crippen molar-refractivity contribution in [1.29, 1.82) is 0 Å². The van der Waals surface area contributed by atoms with Crippen molar-refractivity contribution in [2.45, 2.75) is 25.9 Å². The quantitative estimate of drug-likeness (QED) is 0.588. The van der Waals surface area contributed by atoms with Gasteiger partial charge in [0.05, 0.1) is 18.0 Å². The van der Waals surface area contributed by atoms with E-state index < -0.39 is 23.9 Å². The molecule has 0 N–H and O–H groups in total. The predicted molar refractivity (Wildman–Crippen MR) is 66.3 cm³/mol. The van der Waals surface area contributed by atoms with Crippen molar-refractivity contribution >= 4 is 12.4 Å². The van der Waals surface area contributed by atoms with E-state index in [0.29, 0.717) is 12.5 Å². The molecule has 0 saturated carbocycles. The highest BCUT2D eigenvalue weighted by atomic mass is 19.4. The molecule has 19 heavy (non-hydrogen) atoms. The van der Waals surface area contributed by atoms with Crippen LogP contribution in [0.3, 0.4) is 0 Å². The molecule has 108 valence electrons. The summed E-state index contributed by atoms with van der Waals surface area (Å²) in [5.74, 6) is -1.23. The van der Waals surface area contributed by atoms with Crippen LogP contribution in [0.25, 0.3) is 0 Å². The van der Waals surface area contributed by atoms with Gasteiger partial charge >= 0.3 is 6.98 Å². The zero-order chi connectivity index (χ0) is 14.7. The van der Waals surface area contributed by atoms with Gasteiger partial charge in [-0.25, -0.2) is 4.39 Å². The lowest BCUT2D eigenvalue weighted by molar-refractivity contribution is 0.00544. The van der Waals surface area contributed by atoms with Crippen molar-refractivity contribution in [2.24, 2.45) is 0 Å². The second kappa shape index (κ2) is 5.82. The summed E-state index contributed by atoms with van der Waals surface area (Å²) in [6, 6.07) is 2.57. The summed E-state index contributed by atoms with van der Waals surface area (Å²) in [5.41, 5.74) is -1.63. The summed E-state index contributed by atoms with van der Waals surface area (Å²) in [6.45, 7) is -1.40. The van der Waals surface area contributed by atoms with Gasteiger partial charge in [0.2, 0.25) is 0 Å². The Kier molecular flexibility index (Phi) is 4.84. The van der Waals surface area contributed by atoms with Crippen molar-refractivity contribution in [1.82, 2.24) is 0 Å². The molecule has 0 saturated heterocycles. The van der Waals surface area contributed by atoms with Crippen LogP contribution in [0, 0.1) is 5.82 Å². The molecule has 2 nitrogen and oxygen atoms in total. The Morgan fingerprint density at radius 3 is 2.32 bits per heavy atom. The summed E-state index contributed by atoms with van der Waals surface area (Å²) in [7, 11) is 1.56. The first-order chi connectivity index (χ1) is 8.65. The van der Waals surface area contributed by atoms with E-state index in [1.165, 1.54) is 0 Å². The minimum atomic E-state index is -5.33. The van der Waals surface area contributed by atoms with Crippen LogP contribution in [0.1, 0.15) is 20.3 Å². The molecule has 1 aromatic rings. The summed E-state index contributed by atoms with van der Waals surface area (Å²) in [5, 5.41) is 0. The number of halogens is 4. The van der Waals surface area contributed by atoms with Crippen LogP contribution in [-0.4, -0.2) is 26.3 Å². The molecule has 0 bridgehead atoms. The second-order valence-electron chi connectivity index (χ2n) is 4.82. The topological polar surface area (TPSA) is 18.5 Å². The lowest BCUT2D eigenvalue weighted by atomic mass is 9.80. The molecule has 0 atom stereocenters. The molecule has 0 aliphatic rings. The Hall–Kier alpha value is -1.24. The third-order valence-electron chi connectivity index (χ3n) is 2.85. The Bertz CT molecular complexity index is 432. The molecule has 1 rings (SSSR count). The highest BCUT2D eigenvalue weighted by Gasteiger charge is 2.29. The van der Waals surface area contributed by atoms with Crippen LogP contribution >= 0.6 is 0 Å². The van der Waals surface area contributed by atoms with E-state index >= 15 is 0 Å². The number of methoxy groups -OCH3 is 1. The fourth-order valence-corrected chi connectivity index (χ4v) is 1.38. The summed E-state index contributed by atoms with van der Waals surface area (Å²) < 4.78 is 60.8. The minimum absolute atomic E-state index is 0.0770. The van der Waals surface area contributed by atoms with Crippen molar-refractivity contribution < 1.29 is 26.8 Å². The van der Waals surface area contributed by atoms with Gasteiger partial charge in [-0.1, -0.05) is 11.5 Å². The highest BCUT2D eigenvalue weighted by molar-refractivity contribution is 6.73. The SMILES string of the molecule is COC(C)(C)CCOc1ccc([B-](F)(F)F)c(F)c1. The summed E-state index contributed by atoms with van der Waals surface area (Å²) in [4.78, 5) is 0. The normalized spacial score (nSPS) is 12.6. The van der Waals surface area contributed by atoms with Crippen LogP contribution in [0.2, 0.25) is 0 Å². The maximum atomic E-state index is 13.3. The largest absolute Gasteiger partial charge is 0.512 e. The molecule has 0 aromatic heterocycles. The molecular formula is C12H16BF4O2-. The lowest BCUT2D eigenvalue weighted by Gasteiger charge is -2.23. The molecule has 0 aliphatic carbocycles. The van der Waals surface area contributed by atoms with Crippen LogP contribution in [0.4, 0.5) is 17.3 Å². The second-order valence-corrected chi connectivity index (χ2v) is 4.82. The van der Waals surface area contributed by atoms with Gasteiger partial charge in [0.25, 0.3) is 0 Å². The van der Waals surface area contributed by atoms with Crippen LogP contribution in [0.5, 0.6) is 5.75 Å². The Morgan fingerprint density at radius 1 is 1.21 bits per heavy atom. The first-order valence-corrected chi connectivity index (χ1v) is 5.83. The molecule has 1 aromatic carbocycles. The number of hydrogen-bond donors (Lipinski definition) is 0. The maximum Gasteiger partial charge on any atom is 0.512 e. The van der Waals surface area contributed by atoms with Gasteiger partial charge in [-0.05, 0) is 19.9 Å². The van der Waals surface area contributed by atoms with Gasteiger partial charge < -0.3 is 22.4 Å². The van der Waals surface area contributed by atoms with Gasteiger partial charge in [-0.3, -0.25) is 0 Å². The van der Waals surface area contributed by atoms with E-state index in [2.05, 4.69) is 0 Å². The first-order valence-electron chi connectivity index (χ1n) is 5.83. The average Bonchev–Trinajstić information content (AvgIpc) is 2.27. The molecule has 0 unspecified atom stereocenters.